The lowest BCUT2D eigenvalue weighted by Crippen LogP contribution is -1.99. The number of hydrogen-bond acceptors (Lipinski definition) is 1. The second kappa shape index (κ2) is 3.96. The standard InChI is InChI=1S/C9H11BO/c1-10-7-9(11)8-5-3-2-4-6-8/h2-6,10H,7H2,1H3. The number of carbonyl (C=O) groups is 1. The highest BCUT2D eigenvalue weighted by molar-refractivity contribution is 6.41. The van der Waals surface area contributed by atoms with Crippen LogP contribution in [0.2, 0.25) is 13.1 Å². The number of ketones is 1. The molecule has 0 bridgehead atoms. The largest absolute Gasteiger partial charge is 0.295 e. The van der Waals surface area contributed by atoms with Gasteiger partial charge in [-0.05, 0) is 6.32 Å². The number of hydrogen-bond donors (Lipinski definition) is 0. The monoisotopic (exact) mass is 146 g/mol. The second-order valence-corrected chi connectivity index (χ2v) is 2.54. The van der Waals surface area contributed by atoms with E-state index >= 15 is 0 Å². The summed E-state index contributed by atoms with van der Waals surface area (Å²) in [5, 5.41) is 0. The SMILES string of the molecule is CBCC(=O)c1ccccc1. The normalized spacial score (nSPS) is 9.18. The Morgan fingerprint density at radius 2 is 2.00 bits per heavy atom. The lowest BCUT2D eigenvalue weighted by molar-refractivity contribution is 0.101. The van der Waals surface area contributed by atoms with Gasteiger partial charge in [-0.25, -0.2) is 0 Å². The molecule has 0 spiro atoms. The minimum absolute atomic E-state index is 0.244. The van der Waals surface area contributed by atoms with E-state index in [2.05, 4.69) is 0 Å². The third-order valence-electron chi connectivity index (χ3n) is 1.57. The molecule has 0 aromatic heterocycles. The average Bonchev–Trinajstić information content (AvgIpc) is 2.07. The number of benzene rings is 1. The van der Waals surface area contributed by atoms with Gasteiger partial charge >= 0.3 is 0 Å². The maximum atomic E-state index is 11.2. The first-order chi connectivity index (χ1) is 5.34. The van der Waals surface area contributed by atoms with Gasteiger partial charge in [-0.2, -0.15) is 0 Å². The van der Waals surface area contributed by atoms with E-state index in [0.29, 0.717) is 6.32 Å². The Balaban J connectivity index is 2.69. The minimum Gasteiger partial charge on any atom is -0.295 e. The van der Waals surface area contributed by atoms with Crippen LogP contribution < -0.4 is 0 Å². The summed E-state index contributed by atoms with van der Waals surface area (Å²) in [6.07, 6.45) is 0.657. The van der Waals surface area contributed by atoms with Crippen molar-refractivity contribution in [2.45, 2.75) is 13.1 Å². The predicted octanol–water partition coefficient (Wildman–Crippen LogP) is 1.77. The van der Waals surface area contributed by atoms with E-state index in [1.165, 1.54) is 0 Å². The summed E-state index contributed by atoms with van der Waals surface area (Å²) in [6.45, 7) is 2.01. The highest BCUT2D eigenvalue weighted by Gasteiger charge is 2.01. The van der Waals surface area contributed by atoms with Gasteiger partial charge < -0.3 is 0 Å². The lowest BCUT2D eigenvalue weighted by atomic mass is 9.75. The van der Waals surface area contributed by atoms with E-state index in [9.17, 15) is 4.79 Å². The lowest BCUT2D eigenvalue weighted by Gasteiger charge is -1.95. The molecule has 0 amide bonds. The second-order valence-electron chi connectivity index (χ2n) is 2.54. The van der Waals surface area contributed by atoms with Crippen LogP contribution in [0.5, 0.6) is 0 Å². The zero-order valence-electron chi connectivity index (χ0n) is 6.71. The van der Waals surface area contributed by atoms with Crippen LogP contribution in [0, 0.1) is 0 Å². The fourth-order valence-electron chi connectivity index (χ4n) is 0.995. The van der Waals surface area contributed by atoms with Crippen molar-refractivity contribution in [1.82, 2.24) is 0 Å². The average molecular weight is 146 g/mol. The fraction of sp³-hybridized carbons (Fsp3) is 0.222. The molecule has 0 heterocycles. The molecule has 0 atom stereocenters. The van der Waals surface area contributed by atoms with Crippen LogP contribution in [0.4, 0.5) is 0 Å². The summed E-state index contributed by atoms with van der Waals surface area (Å²) >= 11 is 0. The van der Waals surface area contributed by atoms with Crippen LogP contribution in [0.25, 0.3) is 0 Å². The van der Waals surface area contributed by atoms with Gasteiger partial charge in [0.1, 0.15) is 7.28 Å². The van der Waals surface area contributed by atoms with Crippen molar-refractivity contribution in [3.8, 4) is 0 Å². The van der Waals surface area contributed by atoms with Gasteiger partial charge in [-0.15, -0.1) is 0 Å². The van der Waals surface area contributed by atoms with Crippen LogP contribution in [0.3, 0.4) is 0 Å². The summed E-state index contributed by atoms with van der Waals surface area (Å²) in [4.78, 5) is 11.2. The summed E-state index contributed by atoms with van der Waals surface area (Å²) in [5.74, 6) is 0.244. The van der Waals surface area contributed by atoms with Crippen molar-refractivity contribution in [2.24, 2.45) is 0 Å². The molecule has 0 aliphatic rings. The minimum atomic E-state index is 0.244. The molecule has 1 rings (SSSR count). The highest BCUT2D eigenvalue weighted by Crippen LogP contribution is 2.02. The van der Waals surface area contributed by atoms with Crippen LogP contribution >= 0.6 is 0 Å². The first-order valence-corrected chi connectivity index (χ1v) is 3.93. The van der Waals surface area contributed by atoms with Crippen molar-refractivity contribution < 1.29 is 4.79 Å². The topological polar surface area (TPSA) is 17.1 Å². The molecule has 56 valence electrons. The number of carbonyl (C=O) groups excluding carboxylic acids is 1. The predicted molar refractivity (Wildman–Crippen MR) is 48.6 cm³/mol. The molecule has 1 aromatic carbocycles. The Labute approximate surface area is 67.7 Å². The van der Waals surface area contributed by atoms with Crippen molar-refractivity contribution in [1.29, 1.82) is 0 Å². The van der Waals surface area contributed by atoms with E-state index < -0.39 is 0 Å². The van der Waals surface area contributed by atoms with Crippen LogP contribution in [0.15, 0.2) is 30.3 Å². The van der Waals surface area contributed by atoms with Gasteiger partial charge in [0.05, 0.1) is 0 Å². The van der Waals surface area contributed by atoms with Crippen LogP contribution in [-0.2, 0) is 0 Å². The molecule has 0 N–H and O–H groups in total. The van der Waals surface area contributed by atoms with E-state index in [-0.39, 0.29) is 5.78 Å². The Kier molecular flexibility index (Phi) is 2.90. The molecule has 0 radical (unpaired) electrons. The third-order valence-corrected chi connectivity index (χ3v) is 1.57. The molecule has 2 heteroatoms. The van der Waals surface area contributed by atoms with Crippen molar-refractivity contribution >= 4 is 13.1 Å². The van der Waals surface area contributed by atoms with Crippen LogP contribution in [0.1, 0.15) is 10.4 Å². The summed E-state index contributed by atoms with van der Waals surface area (Å²) in [5.41, 5.74) is 0.828. The summed E-state index contributed by atoms with van der Waals surface area (Å²) in [7, 11) is 0.924. The molecule has 1 nitrogen and oxygen atoms in total. The third kappa shape index (κ3) is 2.22. The molecule has 0 aliphatic carbocycles. The van der Waals surface area contributed by atoms with Crippen molar-refractivity contribution in [3.05, 3.63) is 35.9 Å². The Bertz CT molecular complexity index is 231. The van der Waals surface area contributed by atoms with E-state index in [4.69, 9.17) is 0 Å². The maximum absolute atomic E-state index is 11.2. The quantitative estimate of drug-likeness (QED) is 0.469. The van der Waals surface area contributed by atoms with E-state index in [0.717, 1.165) is 12.8 Å². The highest BCUT2D eigenvalue weighted by atomic mass is 16.1. The van der Waals surface area contributed by atoms with E-state index in [1.54, 1.807) is 0 Å². The van der Waals surface area contributed by atoms with Crippen molar-refractivity contribution in [2.75, 3.05) is 0 Å². The van der Waals surface area contributed by atoms with Crippen LogP contribution in [-0.4, -0.2) is 13.1 Å². The Morgan fingerprint density at radius 3 is 2.55 bits per heavy atom. The number of Topliss-reactive ketones (excluding diaryl/α,β-unsaturated/α-hetero) is 1. The number of rotatable bonds is 3. The Hall–Kier alpha value is -1.05. The van der Waals surface area contributed by atoms with Gasteiger partial charge in [-0.3, -0.25) is 4.79 Å². The van der Waals surface area contributed by atoms with Gasteiger partial charge in [0.15, 0.2) is 5.78 Å². The first-order valence-electron chi connectivity index (χ1n) is 3.93. The zero-order valence-corrected chi connectivity index (χ0v) is 6.71. The molecule has 0 unspecified atom stereocenters. The summed E-state index contributed by atoms with van der Waals surface area (Å²) < 4.78 is 0. The molecule has 0 saturated heterocycles. The molecule has 11 heavy (non-hydrogen) atoms. The van der Waals surface area contributed by atoms with Gasteiger partial charge in [0, 0.05) is 5.56 Å². The molecule has 0 fully saturated rings. The molecule has 0 aliphatic heterocycles. The molecule has 0 saturated carbocycles. The molecule has 1 aromatic rings. The molecular formula is C9H11BO. The van der Waals surface area contributed by atoms with E-state index in [1.807, 2.05) is 37.2 Å². The smallest absolute Gasteiger partial charge is 0.155 e. The Morgan fingerprint density at radius 1 is 1.36 bits per heavy atom. The van der Waals surface area contributed by atoms with Gasteiger partial charge in [0.25, 0.3) is 0 Å². The maximum Gasteiger partial charge on any atom is 0.155 e. The van der Waals surface area contributed by atoms with Gasteiger partial charge in [0.2, 0.25) is 0 Å². The first kappa shape index (κ1) is 8.06. The summed E-state index contributed by atoms with van der Waals surface area (Å²) in [6, 6.07) is 9.42. The molecular weight excluding hydrogens is 135 g/mol. The van der Waals surface area contributed by atoms with Crippen molar-refractivity contribution in [3.63, 3.8) is 0 Å². The fourth-order valence-corrected chi connectivity index (χ4v) is 0.995. The zero-order chi connectivity index (χ0) is 8.10. The van der Waals surface area contributed by atoms with Gasteiger partial charge in [-0.1, -0.05) is 37.2 Å².